The molecule has 31 heavy (non-hydrogen) atoms. The standard InChI is InChI=1S/C23H28N4O3S/c1-16-19-12-13-21(28)26(15-17-10-11-17)23(19)25-22(24-16)20-9-5-6-14-27(20)31(29,30)18-7-3-2-4-8-18/h2-4,7-8,17,20H,5-6,9-15H2,1H3. The van der Waals surface area contributed by atoms with Gasteiger partial charge >= 0.3 is 0 Å². The van der Waals surface area contributed by atoms with E-state index >= 15 is 0 Å². The topological polar surface area (TPSA) is 83.5 Å². The SMILES string of the molecule is Cc1nc(C2CCCCN2S(=O)(=O)c2ccccc2)nc2c1CCC(=O)N2CC1CC1. The maximum Gasteiger partial charge on any atom is 0.243 e. The quantitative estimate of drug-likeness (QED) is 0.712. The Labute approximate surface area is 183 Å². The predicted molar refractivity (Wildman–Crippen MR) is 117 cm³/mol. The summed E-state index contributed by atoms with van der Waals surface area (Å²) in [4.78, 5) is 24.4. The third-order valence-electron chi connectivity index (χ3n) is 6.59. The summed E-state index contributed by atoms with van der Waals surface area (Å²) >= 11 is 0. The molecule has 7 nitrogen and oxygen atoms in total. The fraction of sp³-hybridized carbons (Fsp3) is 0.522. The van der Waals surface area contributed by atoms with Gasteiger partial charge in [-0.2, -0.15) is 4.31 Å². The normalized spacial score (nSPS) is 22.4. The molecule has 164 valence electrons. The summed E-state index contributed by atoms with van der Waals surface area (Å²) in [6, 6.07) is 8.15. The highest BCUT2D eigenvalue weighted by atomic mass is 32.2. The number of hydrogen-bond donors (Lipinski definition) is 0. The van der Waals surface area contributed by atoms with Crippen LogP contribution in [0.4, 0.5) is 5.82 Å². The Morgan fingerprint density at radius 1 is 1.03 bits per heavy atom. The Kier molecular flexibility index (Phi) is 5.30. The van der Waals surface area contributed by atoms with Gasteiger partial charge < -0.3 is 0 Å². The van der Waals surface area contributed by atoms with Crippen LogP contribution in [-0.4, -0.2) is 41.7 Å². The molecule has 0 radical (unpaired) electrons. The van der Waals surface area contributed by atoms with Gasteiger partial charge in [-0.05, 0) is 57.1 Å². The van der Waals surface area contributed by atoms with E-state index in [9.17, 15) is 13.2 Å². The number of rotatable bonds is 5. The number of carbonyl (C=O) groups excluding carboxylic acids is 1. The molecule has 1 aliphatic carbocycles. The van der Waals surface area contributed by atoms with Crippen LogP contribution in [-0.2, 0) is 21.2 Å². The van der Waals surface area contributed by atoms with Crippen LogP contribution in [0.3, 0.4) is 0 Å². The van der Waals surface area contributed by atoms with E-state index in [0.29, 0.717) is 54.8 Å². The lowest BCUT2D eigenvalue weighted by Gasteiger charge is -2.35. The second kappa shape index (κ2) is 7.98. The second-order valence-electron chi connectivity index (χ2n) is 8.86. The zero-order valence-electron chi connectivity index (χ0n) is 17.8. The number of amides is 1. The maximum atomic E-state index is 13.4. The number of benzene rings is 1. The lowest BCUT2D eigenvalue weighted by molar-refractivity contribution is -0.119. The van der Waals surface area contributed by atoms with Crippen LogP contribution >= 0.6 is 0 Å². The molecule has 1 atom stereocenters. The molecule has 1 saturated carbocycles. The highest BCUT2D eigenvalue weighted by Gasteiger charge is 2.38. The molecule has 3 aliphatic rings. The van der Waals surface area contributed by atoms with Gasteiger partial charge in [-0.25, -0.2) is 18.4 Å². The Morgan fingerprint density at radius 2 is 1.81 bits per heavy atom. The van der Waals surface area contributed by atoms with Crippen LogP contribution < -0.4 is 4.90 Å². The van der Waals surface area contributed by atoms with Crippen molar-refractivity contribution in [1.29, 1.82) is 0 Å². The highest BCUT2D eigenvalue weighted by molar-refractivity contribution is 7.89. The highest BCUT2D eigenvalue weighted by Crippen LogP contribution is 2.38. The lowest BCUT2D eigenvalue weighted by Crippen LogP contribution is -2.41. The minimum Gasteiger partial charge on any atom is -0.296 e. The number of piperidine rings is 1. The van der Waals surface area contributed by atoms with Crippen LogP contribution in [0.1, 0.15) is 61.6 Å². The number of fused-ring (bicyclic) bond motifs is 1. The van der Waals surface area contributed by atoms with E-state index in [-0.39, 0.29) is 5.91 Å². The van der Waals surface area contributed by atoms with Crippen molar-refractivity contribution >= 4 is 21.7 Å². The Bertz CT molecular complexity index is 1100. The first-order valence-corrected chi connectivity index (χ1v) is 12.6. The predicted octanol–water partition coefficient (Wildman–Crippen LogP) is 3.39. The summed E-state index contributed by atoms with van der Waals surface area (Å²) < 4.78 is 28.4. The molecule has 1 aromatic heterocycles. The first-order valence-electron chi connectivity index (χ1n) is 11.2. The fourth-order valence-electron chi connectivity index (χ4n) is 4.68. The minimum absolute atomic E-state index is 0.112. The van der Waals surface area contributed by atoms with E-state index in [2.05, 4.69) is 0 Å². The first-order chi connectivity index (χ1) is 14.9. The third kappa shape index (κ3) is 3.87. The third-order valence-corrected chi connectivity index (χ3v) is 8.52. The number of aromatic nitrogens is 2. The van der Waals surface area contributed by atoms with E-state index in [0.717, 1.165) is 36.9 Å². The van der Waals surface area contributed by atoms with Crippen molar-refractivity contribution in [2.45, 2.75) is 62.8 Å². The summed E-state index contributed by atoms with van der Waals surface area (Å²) in [5, 5.41) is 0. The van der Waals surface area contributed by atoms with Gasteiger partial charge in [-0.3, -0.25) is 9.69 Å². The van der Waals surface area contributed by atoms with E-state index in [1.807, 2.05) is 17.9 Å². The van der Waals surface area contributed by atoms with Crippen molar-refractivity contribution in [2.24, 2.45) is 5.92 Å². The van der Waals surface area contributed by atoms with E-state index in [1.165, 1.54) is 0 Å². The van der Waals surface area contributed by atoms with Crippen LogP contribution in [0.5, 0.6) is 0 Å². The van der Waals surface area contributed by atoms with Crippen molar-refractivity contribution < 1.29 is 13.2 Å². The summed E-state index contributed by atoms with van der Waals surface area (Å²) in [5.74, 6) is 1.89. The molecule has 1 saturated heterocycles. The van der Waals surface area contributed by atoms with Gasteiger partial charge in [0, 0.05) is 30.8 Å². The van der Waals surface area contributed by atoms with Crippen molar-refractivity contribution in [3.05, 3.63) is 47.4 Å². The van der Waals surface area contributed by atoms with E-state index in [1.54, 1.807) is 28.6 Å². The maximum absolute atomic E-state index is 13.4. The molecule has 5 rings (SSSR count). The fourth-order valence-corrected chi connectivity index (χ4v) is 6.35. The monoisotopic (exact) mass is 440 g/mol. The molecule has 2 fully saturated rings. The first kappa shape index (κ1) is 20.6. The minimum atomic E-state index is -3.65. The molecule has 0 bridgehead atoms. The van der Waals surface area contributed by atoms with Gasteiger partial charge in [0.25, 0.3) is 0 Å². The van der Waals surface area contributed by atoms with Crippen LogP contribution in [0.2, 0.25) is 0 Å². The zero-order valence-corrected chi connectivity index (χ0v) is 18.6. The van der Waals surface area contributed by atoms with Crippen LogP contribution in [0.25, 0.3) is 0 Å². The van der Waals surface area contributed by atoms with Gasteiger partial charge in [0.2, 0.25) is 15.9 Å². The molecule has 2 aliphatic heterocycles. The summed E-state index contributed by atoms with van der Waals surface area (Å²) in [5.41, 5.74) is 1.88. The average molecular weight is 441 g/mol. The number of sulfonamides is 1. The van der Waals surface area contributed by atoms with Gasteiger partial charge in [0.05, 0.1) is 10.9 Å². The number of aryl methyl sites for hydroxylation is 1. The zero-order chi connectivity index (χ0) is 21.6. The summed E-state index contributed by atoms with van der Waals surface area (Å²) in [7, 11) is -3.65. The van der Waals surface area contributed by atoms with Crippen LogP contribution in [0.15, 0.2) is 35.2 Å². The van der Waals surface area contributed by atoms with Crippen molar-refractivity contribution in [1.82, 2.24) is 14.3 Å². The van der Waals surface area contributed by atoms with Crippen molar-refractivity contribution in [3.8, 4) is 0 Å². The number of carbonyl (C=O) groups is 1. The molecular weight excluding hydrogens is 412 g/mol. The van der Waals surface area contributed by atoms with Gasteiger partial charge in [0.15, 0.2) is 0 Å². The van der Waals surface area contributed by atoms with Crippen molar-refractivity contribution in [3.63, 3.8) is 0 Å². The van der Waals surface area contributed by atoms with Gasteiger partial charge in [0.1, 0.15) is 11.6 Å². The molecule has 3 heterocycles. The van der Waals surface area contributed by atoms with E-state index < -0.39 is 16.1 Å². The Morgan fingerprint density at radius 3 is 2.55 bits per heavy atom. The number of hydrogen-bond acceptors (Lipinski definition) is 5. The summed E-state index contributed by atoms with van der Waals surface area (Å²) in [6.07, 6.45) is 5.87. The second-order valence-corrected chi connectivity index (χ2v) is 10.7. The average Bonchev–Trinajstić information content (AvgIpc) is 3.60. The molecule has 8 heteroatoms. The molecule has 0 spiro atoms. The van der Waals surface area contributed by atoms with E-state index in [4.69, 9.17) is 9.97 Å². The molecule has 0 N–H and O–H groups in total. The largest absolute Gasteiger partial charge is 0.296 e. The van der Waals surface area contributed by atoms with Crippen molar-refractivity contribution in [2.75, 3.05) is 18.0 Å². The van der Waals surface area contributed by atoms with Gasteiger partial charge in [-0.15, -0.1) is 0 Å². The molecule has 2 aromatic rings. The Hall–Kier alpha value is -2.32. The Balaban J connectivity index is 1.55. The van der Waals surface area contributed by atoms with Crippen LogP contribution in [0, 0.1) is 12.8 Å². The molecule has 1 unspecified atom stereocenters. The number of nitrogens with zero attached hydrogens (tertiary/aromatic N) is 4. The lowest BCUT2D eigenvalue weighted by atomic mass is 10.0. The number of anilines is 1. The molecule has 1 aromatic carbocycles. The molecular formula is C23H28N4O3S. The summed E-state index contributed by atoms with van der Waals surface area (Å²) in [6.45, 7) is 3.11. The van der Waals surface area contributed by atoms with Gasteiger partial charge in [-0.1, -0.05) is 24.6 Å². The smallest absolute Gasteiger partial charge is 0.243 e. The molecule has 1 amide bonds.